The number of benzene rings is 1. The molecule has 1 aromatic rings. The first-order valence-electron chi connectivity index (χ1n) is 9.61. The number of aliphatic imine (C=N–C) groups is 1. The summed E-state index contributed by atoms with van der Waals surface area (Å²) in [7, 11) is 4.06. The number of nitrogens with zero attached hydrogens (tertiary/aromatic N) is 3. The normalized spacial score (nSPS) is 17.2. The SMILES string of the molecule is CN=C(NCCCN1CCCN(C)CC1)NCc1ccc(C)cc1SC. The third-order valence-electron chi connectivity index (χ3n) is 4.87. The molecule has 2 rings (SSSR count). The molecule has 5 nitrogen and oxygen atoms in total. The Balaban J connectivity index is 1.69. The van der Waals surface area contributed by atoms with Gasteiger partial charge in [0.2, 0.25) is 0 Å². The van der Waals surface area contributed by atoms with Crippen LogP contribution in [0.2, 0.25) is 0 Å². The lowest BCUT2D eigenvalue weighted by molar-refractivity contribution is 0.274. The van der Waals surface area contributed by atoms with Gasteiger partial charge in [-0.2, -0.15) is 0 Å². The summed E-state index contributed by atoms with van der Waals surface area (Å²) in [5.41, 5.74) is 2.63. The van der Waals surface area contributed by atoms with Crippen molar-refractivity contribution in [3.63, 3.8) is 0 Å². The number of nitrogens with one attached hydrogen (secondary N) is 2. The first kappa shape index (κ1) is 21.1. The van der Waals surface area contributed by atoms with Crippen molar-refractivity contribution >= 4 is 17.7 Å². The van der Waals surface area contributed by atoms with E-state index in [0.717, 1.165) is 32.0 Å². The van der Waals surface area contributed by atoms with Crippen LogP contribution in [0.3, 0.4) is 0 Å². The lowest BCUT2D eigenvalue weighted by atomic mass is 10.1. The van der Waals surface area contributed by atoms with E-state index in [2.05, 4.69) is 63.9 Å². The highest BCUT2D eigenvalue weighted by molar-refractivity contribution is 7.98. The van der Waals surface area contributed by atoms with Crippen molar-refractivity contribution < 1.29 is 0 Å². The third kappa shape index (κ3) is 7.17. The zero-order valence-corrected chi connectivity index (χ0v) is 17.7. The Labute approximate surface area is 163 Å². The maximum absolute atomic E-state index is 4.35. The topological polar surface area (TPSA) is 42.9 Å². The van der Waals surface area contributed by atoms with E-state index in [0.29, 0.717) is 0 Å². The van der Waals surface area contributed by atoms with Gasteiger partial charge in [0.05, 0.1) is 0 Å². The van der Waals surface area contributed by atoms with Crippen LogP contribution in [0.5, 0.6) is 0 Å². The fourth-order valence-corrected chi connectivity index (χ4v) is 3.94. The highest BCUT2D eigenvalue weighted by Gasteiger charge is 2.11. The molecular formula is C20H35N5S. The van der Waals surface area contributed by atoms with Crippen LogP contribution >= 0.6 is 11.8 Å². The van der Waals surface area contributed by atoms with Crippen molar-refractivity contribution in [1.82, 2.24) is 20.4 Å². The first-order chi connectivity index (χ1) is 12.6. The second-order valence-electron chi connectivity index (χ2n) is 7.02. The summed E-state index contributed by atoms with van der Waals surface area (Å²) in [6.07, 6.45) is 4.55. The van der Waals surface area contributed by atoms with Crippen LogP contribution < -0.4 is 10.6 Å². The minimum absolute atomic E-state index is 0.800. The van der Waals surface area contributed by atoms with Crippen LogP contribution in [0.25, 0.3) is 0 Å². The molecule has 0 spiro atoms. The molecule has 1 heterocycles. The van der Waals surface area contributed by atoms with Gasteiger partial charge in [-0.3, -0.25) is 4.99 Å². The summed E-state index contributed by atoms with van der Waals surface area (Å²) >= 11 is 1.80. The van der Waals surface area contributed by atoms with E-state index in [1.165, 1.54) is 48.6 Å². The van der Waals surface area contributed by atoms with E-state index in [1.54, 1.807) is 11.8 Å². The van der Waals surface area contributed by atoms with Crippen molar-refractivity contribution in [2.24, 2.45) is 4.99 Å². The number of aryl methyl sites for hydroxylation is 1. The van der Waals surface area contributed by atoms with Crippen LogP contribution in [0.1, 0.15) is 24.0 Å². The van der Waals surface area contributed by atoms with Gasteiger partial charge >= 0.3 is 0 Å². The molecular weight excluding hydrogens is 342 g/mol. The highest BCUT2D eigenvalue weighted by Crippen LogP contribution is 2.21. The Morgan fingerprint density at radius 1 is 1.19 bits per heavy atom. The molecule has 0 amide bonds. The number of likely N-dealkylation sites (N-methyl/N-ethyl adjacent to an activating group) is 1. The quantitative estimate of drug-likeness (QED) is 0.331. The van der Waals surface area contributed by atoms with Crippen molar-refractivity contribution in [2.45, 2.75) is 31.2 Å². The molecule has 0 aromatic heterocycles. The zero-order valence-electron chi connectivity index (χ0n) is 16.8. The molecule has 1 aliphatic heterocycles. The summed E-state index contributed by atoms with van der Waals surface area (Å²) in [6.45, 7) is 9.87. The molecule has 0 saturated carbocycles. The van der Waals surface area contributed by atoms with E-state index in [-0.39, 0.29) is 0 Å². The van der Waals surface area contributed by atoms with Crippen LogP contribution in [0, 0.1) is 6.92 Å². The minimum Gasteiger partial charge on any atom is -0.356 e. The molecule has 6 heteroatoms. The van der Waals surface area contributed by atoms with Crippen molar-refractivity contribution in [2.75, 3.05) is 59.6 Å². The number of rotatable bonds is 7. The Bertz CT molecular complexity index is 575. The molecule has 26 heavy (non-hydrogen) atoms. The van der Waals surface area contributed by atoms with Gasteiger partial charge in [-0.05, 0) is 69.9 Å². The summed E-state index contributed by atoms with van der Waals surface area (Å²) in [5.74, 6) is 0.883. The fourth-order valence-electron chi connectivity index (χ4n) is 3.23. The Hall–Kier alpha value is -1.24. The summed E-state index contributed by atoms with van der Waals surface area (Å²) in [6, 6.07) is 6.62. The molecule has 0 bridgehead atoms. The van der Waals surface area contributed by atoms with Crippen molar-refractivity contribution in [3.8, 4) is 0 Å². The Morgan fingerprint density at radius 3 is 2.81 bits per heavy atom. The molecule has 0 radical (unpaired) electrons. The van der Waals surface area contributed by atoms with Gasteiger partial charge in [-0.1, -0.05) is 12.1 Å². The molecule has 146 valence electrons. The molecule has 2 N–H and O–H groups in total. The number of guanidine groups is 1. The largest absolute Gasteiger partial charge is 0.356 e. The second kappa shape index (κ2) is 11.5. The Kier molecular flexibility index (Phi) is 9.29. The first-order valence-corrected chi connectivity index (χ1v) is 10.8. The highest BCUT2D eigenvalue weighted by atomic mass is 32.2. The van der Waals surface area contributed by atoms with Crippen molar-refractivity contribution in [3.05, 3.63) is 29.3 Å². The molecule has 1 aliphatic rings. The number of thioether (sulfide) groups is 1. The third-order valence-corrected chi connectivity index (χ3v) is 5.69. The molecule has 0 aliphatic carbocycles. The minimum atomic E-state index is 0.800. The summed E-state index contributed by atoms with van der Waals surface area (Å²) in [5, 5.41) is 6.89. The lowest BCUT2D eigenvalue weighted by Gasteiger charge is -2.20. The van der Waals surface area contributed by atoms with Gasteiger partial charge in [0.1, 0.15) is 0 Å². The van der Waals surface area contributed by atoms with Crippen LogP contribution in [0.15, 0.2) is 28.1 Å². The predicted octanol–water partition coefficient (Wildman–Crippen LogP) is 2.41. The van der Waals surface area contributed by atoms with Crippen molar-refractivity contribution in [1.29, 1.82) is 0 Å². The van der Waals surface area contributed by atoms with E-state index < -0.39 is 0 Å². The maximum atomic E-state index is 4.35. The van der Waals surface area contributed by atoms with Crippen LogP contribution in [-0.4, -0.2) is 75.4 Å². The summed E-state index contributed by atoms with van der Waals surface area (Å²) in [4.78, 5) is 10.7. The van der Waals surface area contributed by atoms with Gasteiger partial charge in [0, 0.05) is 38.1 Å². The van der Waals surface area contributed by atoms with E-state index in [9.17, 15) is 0 Å². The average Bonchev–Trinajstić information content (AvgIpc) is 2.86. The van der Waals surface area contributed by atoms with Gasteiger partial charge in [0.25, 0.3) is 0 Å². The molecule has 0 atom stereocenters. The number of hydrogen-bond donors (Lipinski definition) is 2. The smallest absolute Gasteiger partial charge is 0.191 e. The van der Waals surface area contributed by atoms with E-state index in [4.69, 9.17) is 0 Å². The van der Waals surface area contributed by atoms with Crippen LogP contribution in [-0.2, 0) is 6.54 Å². The summed E-state index contributed by atoms with van der Waals surface area (Å²) < 4.78 is 0. The maximum Gasteiger partial charge on any atom is 0.191 e. The molecule has 1 fully saturated rings. The zero-order chi connectivity index (χ0) is 18.8. The standard InChI is InChI=1S/C20H35N5S/c1-17-7-8-18(19(15-17)26-4)16-23-20(21-2)22-9-5-11-25-12-6-10-24(3)13-14-25/h7-8,15H,5-6,9-14,16H2,1-4H3,(H2,21,22,23). The van der Waals surface area contributed by atoms with Gasteiger partial charge in [0.15, 0.2) is 5.96 Å². The number of hydrogen-bond acceptors (Lipinski definition) is 4. The lowest BCUT2D eigenvalue weighted by Crippen LogP contribution is -2.38. The second-order valence-corrected chi connectivity index (χ2v) is 7.87. The fraction of sp³-hybridized carbons (Fsp3) is 0.650. The van der Waals surface area contributed by atoms with Gasteiger partial charge < -0.3 is 20.4 Å². The average molecular weight is 378 g/mol. The molecule has 0 unspecified atom stereocenters. The van der Waals surface area contributed by atoms with E-state index in [1.807, 2.05) is 7.05 Å². The van der Waals surface area contributed by atoms with Gasteiger partial charge in [-0.25, -0.2) is 0 Å². The molecule has 1 saturated heterocycles. The van der Waals surface area contributed by atoms with Gasteiger partial charge in [-0.15, -0.1) is 11.8 Å². The predicted molar refractivity (Wildman–Crippen MR) is 114 cm³/mol. The van der Waals surface area contributed by atoms with Crippen LogP contribution in [0.4, 0.5) is 0 Å². The monoisotopic (exact) mass is 377 g/mol. The Morgan fingerprint density at radius 2 is 2.04 bits per heavy atom. The van der Waals surface area contributed by atoms with E-state index >= 15 is 0 Å². The molecule has 1 aromatic carbocycles.